The maximum atomic E-state index is 13.6. The lowest BCUT2D eigenvalue weighted by Gasteiger charge is -2.36. The molecule has 1 aromatic heterocycles. The number of thioether (sulfide) groups is 1. The van der Waals surface area contributed by atoms with Crippen molar-refractivity contribution in [1.29, 1.82) is 0 Å². The molecule has 11 heteroatoms. The van der Waals surface area contributed by atoms with E-state index in [1.165, 1.54) is 16.7 Å². The highest BCUT2D eigenvalue weighted by atomic mass is 32.2. The van der Waals surface area contributed by atoms with Gasteiger partial charge in [-0.25, -0.2) is 14.2 Å². The van der Waals surface area contributed by atoms with Crippen molar-refractivity contribution >= 4 is 41.0 Å². The van der Waals surface area contributed by atoms with E-state index >= 15 is 0 Å². The van der Waals surface area contributed by atoms with Gasteiger partial charge in [0.15, 0.2) is 5.83 Å². The minimum atomic E-state index is -1.01. The zero-order valence-corrected chi connectivity index (χ0v) is 23.1. The van der Waals surface area contributed by atoms with E-state index < -0.39 is 23.0 Å². The Bertz CT molecular complexity index is 1550. The third-order valence-electron chi connectivity index (χ3n) is 7.44. The molecule has 1 fully saturated rings. The highest BCUT2D eigenvalue weighted by Crippen LogP contribution is 2.51. The molecule has 1 saturated heterocycles. The van der Waals surface area contributed by atoms with Crippen molar-refractivity contribution in [3.8, 4) is 11.5 Å². The predicted octanol–water partition coefficient (Wildman–Crippen LogP) is 5.15. The summed E-state index contributed by atoms with van der Waals surface area (Å²) in [6.45, 7) is 5.62. The van der Waals surface area contributed by atoms with E-state index in [2.05, 4.69) is 22.2 Å². The van der Waals surface area contributed by atoms with Crippen molar-refractivity contribution in [3.05, 3.63) is 84.3 Å². The van der Waals surface area contributed by atoms with Crippen LogP contribution in [0, 0.1) is 6.92 Å². The highest BCUT2D eigenvalue weighted by Gasteiger charge is 2.47. The summed E-state index contributed by atoms with van der Waals surface area (Å²) in [6.07, 6.45) is 2.94. The van der Waals surface area contributed by atoms with Gasteiger partial charge in [-0.15, -0.1) is 0 Å². The average molecular weight is 574 g/mol. The predicted molar refractivity (Wildman–Crippen MR) is 153 cm³/mol. The van der Waals surface area contributed by atoms with Crippen LogP contribution in [0.1, 0.15) is 30.0 Å². The topological polar surface area (TPSA) is 104 Å². The number of carbonyl (C=O) groups is 3. The normalized spacial score (nSPS) is 21.1. The first-order valence-electron chi connectivity index (χ1n) is 13.3. The number of hydrogen-bond acceptors (Lipinski definition) is 6. The van der Waals surface area contributed by atoms with Crippen LogP contribution >= 0.6 is 11.8 Å². The maximum absolute atomic E-state index is 13.6. The Balaban J connectivity index is 1.22. The molecule has 41 heavy (non-hydrogen) atoms. The number of anilines is 2. The Morgan fingerprint density at radius 2 is 1.95 bits per heavy atom. The quantitative estimate of drug-likeness (QED) is 0.396. The molecule has 210 valence electrons. The molecule has 0 spiro atoms. The number of urea groups is 1. The van der Waals surface area contributed by atoms with Crippen molar-refractivity contribution in [2.45, 2.75) is 42.1 Å². The molecule has 2 N–H and O–H groups in total. The third-order valence-corrected chi connectivity index (χ3v) is 8.73. The minimum Gasteiger partial charge on any atom is -0.457 e. The van der Waals surface area contributed by atoms with Gasteiger partial charge in [-0.1, -0.05) is 36.5 Å². The van der Waals surface area contributed by atoms with Crippen LogP contribution in [0.25, 0.3) is 0 Å². The van der Waals surface area contributed by atoms with Crippen LogP contribution in [0.3, 0.4) is 0 Å². The largest absolute Gasteiger partial charge is 0.457 e. The summed E-state index contributed by atoms with van der Waals surface area (Å²) < 4.78 is 19.4. The Morgan fingerprint density at radius 3 is 2.71 bits per heavy atom. The van der Waals surface area contributed by atoms with Gasteiger partial charge in [-0.3, -0.25) is 14.5 Å². The first-order valence-corrected chi connectivity index (χ1v) is 14.2. The number of amides is 4. The molecule has 2 unspecified atom stereocenters. The molecule has 4 amide bonds. The Morgan fingerprint density at radius 1 is 1.15 bits per heavy atom. The highest BCUT2D eigenvalue weighted by molar-refractivity contribution is 8.01. The molecular weight excluding hydrogens is 545 g/mol. The summed E-state index contributed by atoms with van der Waals surface area (Å²) in [5.41, 5.74) is 2.98. The van der Waals surface area contributed by atoms with E-state index in [0.717, 1.165) is 11.1 Å². The molecule has 4 heterocycles. The number of aromatic nitrogens is 1. The zero-order valence-electron chi connectivity index (χ0n) is 22.3. The van der Waals surface area contributed by atoms with Crippen LogP contribution in [0.4, 0.5) is 20.6 Å². The second kappa shape index (κ2) is 10.9. The summed E-state index contributed by atoms with van der Waals surface area (Å²) in [5.74, 6) is -0.671. The molecule has 3 aromatic rings. The molecule has 0 saturated carbocycles. The Hall–Kier alpha value is -4.38. The lowest BCUT2D eigenvalue weighted by Crippen LogP contribution is -2.53. The first kappa shape index (κ1) is 26.8. The van der Waals surface area contributed by atoms with E-state index in [-0.39, 0.29) is 24.5 Å². The zero-order chi connectivity index (χ0) is 28.7. The molecule has 3 aliphatic rings. The van der Waals surface area contributed by atoms with Gasteiger partial charge in [0.25, 0.3) is 5.91 Å². The fourth-order valence-corrected chi connectivity index (χ4v) is 6.80. The maximum Gasteiger partial charge on any atom is 0.327 e. The average Bonchev–Trinajstić information content (AvgIpc) is 3.33. The number of halogens is 1. The number of aryl methyl sites for hydroxylation is 1. The van der Waals surface area contributed by atoms with Gasteiger partial charge in [0, 0.05) is 30.9 Å². The van der Waals surface area contributed by atoms with Gasteiger partial charge in [0.05, 0.1) is 17.4 Å². The van der Waals surface area contributed by atoms with Gasteiger partial charge < -0.3 is 20.3 Å². The molecular formula is C30H28FN5O4S. The molecule has 0 bridgehead atoms. The van der Waals surface area contributed by atoms with Gasteiger partial charge in [0.1, 0.15) is 21.8 Å². The van der Waals surface area contributed by atoms with E-state index in [4.69, 9.17) is 4.74 Å². The fraction of sp³-hybridized carbons (Fsp3) is 0.267. The fourth-order valence-electron chi connectivity index (χ4n) is 5.57. The van der Waals surface area contributed by atoms with Crippen LogP contribution in [-0.2, 0) is 9.59 Å². The van der Waals surface area contributed by atoms with Crippen molar-refractivity contribution in [1.82, 2.24) is 20.5 Å². The van der Waals surface area contributed by atoms with E-state index in [9.17, 15) is 18.8 Å². The van der Waals surface area contributed by atoms with E-state index in [0.29, 0.717) is 47.3 Å². The second-order valence-electron chi connectivity index (χ2n) is 10.2. The monoisotopic (exact) mass is 573 g/mol. The molecule has 9 nitrogen and oxygen atoms in total. The Kier molecular flexibility index (Phi) is 7.12. The standard InChI is InChI=1S/C30H28FN5O4S/c1-17-15-21(40-20-8-4-3-5-9-20)10-11-22(17)36-23-12-13-32-28-24(23)25(34-30(36)39)26(41-28)27(37)33-19-7-6-14-35(16-19)29(38)18(2)31/h3-5,8-13,15,19,25-26H,2,6-7,14,16H2,1H3,(H,33,37)(H,34,39)/t19?,25?,26-/m1/s1. The van der Waals surface area contributed by atoms with Gasteiger partial charge in [-0.05, 0) is 61.7 Å². The number of carbonyl (C=O) groups excluding carboxylic acids is 3. The van der Waals surface area contributed by atoms with Gasteiger partial charge >= 0.3 is 6.03 Å². The second-order valence-corrected chi connectivity index (χ2v) is 11.3. The number of rotatable bonds is 6. The molecule has 0 radical (unpaired) electrons. The number of benzene rings is 2. The molecule has 2 aromatic carbocycles. The number of para-hydroxylation sites is 1. The minimum absolute atomic E-state index is 0.204. The third kappa shape index (κ3) is 5.13. The SMILES string of the molecule is C=C(F)C(=O)N1CCCC(NC(=O)[C@@H]2Sc3nccc4c3C2NC(=O)N4c2ccc(Oc3ccccc3)cc2C)C1. The number of piperidine rings is 1. The summed E-state index contributed by atoms with van der Waals surface area (Å²) in [6, 6.07) is 15.5. The van der Waals surface area contributed by atoms with Crippen molar-refractivity contribution in [2.24, 2.45) is 0 Å². The molecule has 0 aliphatic carbocycles. The number of pyridine rings is 1. The Labute approximate surface area is 240 Å². The van der Waals surface area contributed by atoms with Crippen LogP contribution in [-0.4, -0.2) is 52.1 Å². The first-order chi connectivity index (χ1) is 19.8. The van der Waals surface area contributed by atoms with Crippen molar-refractivity contribution < 1.29 is 23.5 Å². The lowest BCUT2D eigenvalue weighted by molar-refractivity contribution is -0.131. The lowest BCUT2D eigenvalue weighted by atomic mass is 9.98. The van der Waals surface area contributed by atoms with Crippen LogP contribution < -0.4 is 20.3 Å². The van der Waals surface area contributed by atoms with E-state index in [1.54, 1.807) is 17.2 Å². The van der Waals surface area contributed by atoms with Crippen molar-refractivity contribution in [3.63, 3.8) is 0 Å². The molecule has 6 rings (SSSR count). The van der Waals surface area contributed by atoms with Gasteiger partial charge in [0.2, 0.25) is 5.91 Å². The van der Waals surface area contributed by atoms with Crippen molar-refractivity contribution in [2.75, 3.05) is 18.0 Å². The smallest absolute Gasteiger partial charge is 0.327 e. The number of hydrogen-bond donors (Lipinski definition) is 2. The number of ether oxygens (including phenoxy) is 1. The van der Waals surface area contributed by atoms with Gasteiger partial charge in [-0.2, -0.15) is 0 Å². The van der Waals surface area contributed by atoms with Crippen LogP contribution in [0.15, 0.2) is 78.2 Å². The number of likely N-dealkylation sites (tertiary alicyclic amines) is 1. The summed E-state index contributed by atoms with van der Waals surface area (Å²) in [4.78, 5) is 46.5. The number of nitrogens with one attached hydrogen (secondary N) is 2. The van der Waals surface area contributed by atoms with E-state index in [1.807, 2.05) is 55.5 Å². The van der Waals surface area contributed by atoms with Crippen LogP contribution in [0.5, 0.6) is 11.5 Å². The molecule has 3 atom stereocenters. The number of nitrogens with zero attached hydrogens (tertiary/aromatic N) is 3. The van der Waals surface area contributed by atoms with Crippen LogP contribution in [0.2, 0.25) is 0 Å². The summed E-state index contributed by atoms with van der Waals surface area (Å²) >= 11 is 1.30. The molecule has 3 aliphatic heterocycles. The summed E-state index contributed by atoms with van der Waals surface area (Å²) in [7, 11) is 0. The summed E-state index contributed by atoms with van der Waals surface area (Å²) in [5, 5.41) is 6.06.